The summed E-state index contributed by atoms with van der Waals surface area (Å²) in [7, 11) is 0. The van der Waals surface area contributed by atoms with Gasteiger partial charge in [0, 0.05) is 42.6 Å². The van der Waals surface area contributed by atoms with Gasteiger partial charge in [-0.25, -0.2) is 4.79 Å². The van der Waals surface area contributed by atoms with Gasteiger partial charge in [0.2, 0.25) is 0 Å². The summed E-state index contributed by atoms with van der Waals surface area (Å²) < 4.78 is 11.0. The van der Waals surface area contributed by atoms with Gasteiger partial charge in [0.1, 0.15) is 11.3 Å². The predicted octanol–water partition coefficient (Wildman–Crippen LogP) is 2.34. The lowest BCUT2D eigenvalue weighted by Gasteiger charge is -2.33. The molecule has 1 N–H and O–H groups in total. The van der Waals surface area contributed by atoms with Crippen molar-refractivity contribution in [2.45, 2.75) is 32.6 Å². The fraction of sp³-hybridized carbons (Fsp3) is 0.524. The summed E-state index contributed by atoms with van der Waals surface area (Å²) in [5.41, 5.74) is 1.33. The largest absolute Gasteiger partial charge is 0.484 e. The van der Waals surface area contributed by atoms with Crippen molar-refractivity contribution < 1.29 is 13.9 Å². The summed E-state index contributed by atoms with van der Waals surface area (Å²) in [6.07, 6.45) is 4.19. The summed E-state index contributed by atoms with van der Waals surface area (Å²) in [5.74, 6) is 0.557. The summed E-state index contributed by atoms with van der Waals surface area (Å²) in [6, 6.07) is 6.93. The van der Waals surface area contributed by atoms with E-state index >= 15 is 0 Å². The SMILES string of the molecule is CCc1cc(=O)oc2cc(OCC(=O)N3CCC4(CCCNC4)C3)ccc12. The van der Waals surface area contributed by atoms with E-state index in [0.29, 0.717) is 11.3 Å². The average Bonchev–Trinajstić information content (AvgIpc) is 3.09. The Labute approximate surface area is 158 Å². The lowest BCUT2D eigenvalue weighted by Crippen LogP contribution is -2.43. The number of ether oxygens (including phenoxy) is 1. The van der Waals surface area contributed by atoms with Gasteiger partial charge in [0.25, 0.3) is 5.91 Å². The van der Waals surface area contributed by atoms with Crippen LogP contribution in [0.4, 0.5) is 0 Å². The molecule has 2 aliphatic heterocycles. The fourth-order valence-corrected chi connectivity index (χ4v) is 4.36. The number of carbonyl (C=O) groups is 1. The zero-order valence-corrected chi connectivity index (χ0v) is 15.8. The molecule has 2 aromatic rings. The molecule has 1 aromatic carbocycles. The molecule has 6 heteroatoms. The molecule has 2 aliphatic rings. The Morgan fingerprint density at radius 1 is 1.33 bits per heavy atom. The van der Waals surface area contributed by atoms with Crippen LogP contribution < -0.4 is 15.7 Å². The third-order valence-electron chi connectivity index (χ3n) is 5.90. The van der Waals surface area contributed by atoms with E-state index in [4.69, 9.17) is 9.15 Å². The number of nitrogens with zero attached hydrogens (tertiary/aromatic N) is 1. The molecule has 1 amide bonds. The van der Waals surface area contributed by atoms with Gasteiger partial charge in [-0.05, 0) is 49.9 Å². The Bertz CT molecular complexity index is 899. The van der Waals surface area contributed by atoms with Crippen molar-refractivity contribution in [3.63, 3.8) is 0 Å². The predicted molar refractivity (Wildman–Crippen MR) is 103 cm³/mol. The number of carbonyl (C=O) groups excluding carboxylic acids is 1. The van der Waals surface area contributed by atoms with Crippen LogP contribution in [-0.4, -0.2) is 43.6 Å². The maximum atomic E-state index is 12.6. The van der Waals surface area contributed by atoms with E-state index in [-0.39, 0.29) is 23.6 Å². The van der Waals surface area contributed by atoms with Crippen LogP contribution in [0.3, 0.4) is 0 Å². The van der Waals surface area contributed by atoms with Crippen molar-refractivity contribution in [1.29, 1.82) is 0 Å². The van der Waals surface area contributed by atoms with Gasteiger partial charge in [-0.15, -0.1) is 0 Å². The second-order valence-corrected chi connectivity index (χ2v) is 7.74. The van der Waals surface area contributed by atoms with Crippen LogP contribution in [0.2, 0.25) is 0 Å². The Morgan fingerprint density at radius 2 is 2.22 bits per heavy atom. The standard InChI is InChI=1S/C21H26N2O4/c1-2-15-10-20(25)27-18-11-16(4-5-17(15)18)26-12-19(24)23-9-7-21(14-23)6-3-8-22-13-21/h4-5,10-11,22H,2-3,6-9,12-14H2,1H3. The maximum absolute atomic E-state index is 12.6. The van der Waals surface area contributed by atoms with Crippen LogP contribution in [0.1, 0.15) is 31.7 Å². The first kappa shape index (κ1) is 18.0. The second kappa shape index (κ2) is 7.35. The van der Waals surface area contributed by atoms with E-state index in [1.165, 1.54) is 18.9 Å². The van der Waals surface area contributed by atoms with Crippen molar-refractivity contribution >= 4 is 16.9 Å². The molecule has 0 bridgehead atoms. The van der Waals surface area contributed by atoms with Gasteiger partial charge in [-0.2, -0.15) is 0 Å². The van der Waals surface area contributed by atoms with E-state index in [2.05, 4.69) is 5.32 Å². The van der Waals surface area contributed by atoms with E-state index in [1.54, 1.807) is 6.07 Å². The van der Waals surface area contributed by atoms with E-state index < -0.39 is 0 Å². The lowest BCUT2D eigenvalue weighted by atomic mass is 9.80. The van der Waals surface area contributed by atoms with Crippen LogP contribution in [0.15, 0.2) is 33.5 Å². The normalized spacial score (nSPS) is 22.5. The number of hydrogen-bond acceptors (Lipinski definition) is 5. The third kappa shape index (κ3) is 3.72. The number of benzene rings is 1. The molecule has 1 aromatic heterocycles. The molecule has 2 fully saturated rings. The quantitative estimate of drug-likeness (QED) is 0.837. The molecule has 2 saturated heterocycles. The highest BCUT2D eigenvalue weighted by molar-refractivity contribution is 5.82. The van der Waals surface area contributed by atoms with Gasteiger partial charge in [-0.1, -0.05) is 6.92 Å². The van der Waals surface area contributed by atoms with Gasteiger partial charge in [0.05, 0.1) is 0 Å². The molecule has 27 heavy (non-hydrogen) atoms. The van der Waals surface area contributed by atoms with Crippen LogP contribution in [0.5, 0.6) is 5.75 Å². The minimum Gasteiger partial charge on any atom is -0.484 e. The number of rotatable bonds is 4. The molecule has 1 unspecified atom stereocenters. The van der Waals surface area contributed by atoms with Crippen molar-refractivity contribution in [2.75, 3.05) is 32.8 Å². The summed E-state index contributed by atoms with van der Waals surface area (Å²) >= 11 is 0. The molecule has 0 aliphatic carbocycles. The summed E-state index contributed by atoms with van der Waals surface area (Å²) in [4.78, 5) is 26.2. The van der Waals surface area contributed by atoms with Gasteiger partial charge in [-0.3, -0.25) is 4.79 Å². The van der Waals surface area contributed by atoms with Gasteiger partial charge in [0.15, 0.2) is 6.61 Å². The minimum atomic E-state index is -0.365. The monoisotopic (exact) mass is 370 g/mol. The molecule has 6 nitrogen and oxygen atoms in total. The molecule has 0 radical (unpaired) electrons. The summed E-state index contributed by atoms with van der Waals surface area (Å²) in [5, 5.41) is 4.37. The number of piperidine rings is 1. The van der Waals surface area contributed by atoms with Gasteiger partial charge >= 0.3 is 5.63 Å². The molecular weight excluding hydrogens is 344 g/mol. The Hall–Kier alpha value is -2.34. The van der Waals surface area contributed by atoms with E-state index in [0.717, 1.165) is 50.0 Å². The molecule has 4 rings (SSSR count). The van der Waals surface area contributed by atoms with Crippen LogP contribution >= 0.6 is 0 Å². The number of amides is 1. The Morgan fingerprint density at radius 3 is 3.00 bits per heavy atom. The van der Waals surface area contributed by atoms with Crippen molar-refractivity contribution in [1.82, 2.24) is 10.2 Å². The van der Waals surface area contributed by atoms with Crippen LogP contribution in [-0.2, 0) is 11.2 Å². The maximum Gasteiger partial charge on any atom is 0.336 e. The van der Waals surface area contributed by atoms with Crippen molar-refractivity contribution in [2.24, 2.45) is 5.41 Å². The van der Waals surface area contributed by atoms with Crippen molar-refractivity contribution in [3.05, 3.63) is 40.2 Å². The molecule has 3 heterocycles. The molecule has 1 atom stereocenters. The molecular formula is C21H26N2O4. The van der Waals surface area contributed by atoms with E-state index in [9.17, 15) is 9.59 Å². The first-order valence-corrected chi connectivity index (χ1v) is 9.77. The fourth-order valence-electron chi connectivity index (χ4n) is 4.36. The third-order valence-corrected chi connectivity index (χ3v) is 5.90. The number of fused-ring (bicyclic) bond motifs is 1. The summed E-state index contributed by atoms with van der Waals surface area (Å²) in [6.45, 7) is 5.71. The first-order valence-electron chi connectivity index (χ1n) is 9.77. The minimum absolute atomic E-state index is 0.00666. The Kier molecular flexibility index (Phi) is 4.91. The number of aryl methyl sites for hydroxylation is 1. The average molecular weight is 370 g/mol. The number of hydrogen-bond donors (Lipinski definition) is 1. The highest BCUT2D eigenvalue weighted by Crippen LogP contribution is 2.36. The zero-order valence-electron chi connectivity index (χ0n) is 15.8. The van der Waals surface area contributed by atoms with Gasteiger partial charge < -0.3 is 19.4 Å². The van der Waals surface area contributed by atoms with E-state index in [1.807, 2.05) is 24.0 Å². The highest BCUT2D eigenvalue weighted by Gasteiger charge is 2.40. The van der Waals surface area contributed by atoms with Crippen LogP contribution in [0.25, 0.3) is 11.0 Å². The smallest absolute Gasteiger partial charge is 0.336 e. The second-order valence-electron chi connectivity index (χ2n) is 7.74. The number of nitrogens with one attached hydrogen (secondary N) is 1. The zero-order chi connectivity index (χ0) is 18.9. The number of likely N-dealkylation sites (tertiary alicyclic amines) is 1. The lowest BCUT2D eigenvalue weighted by molar-refractivity contribution is -0.132. The molecule has 144 valence electrons. The first-order chi connectivity index (χ1) is 13.1. The molecule has 0 saturated carbocycles. The van der Waals surface area contributed by atoms with Crippen molar-refractivity contribution in [3.8, 4) is 5.75 Å². The van der Waals surface area contributed by atoms with Crippen LogP contribution in [0, 0.1) is 5.41 Å². The molecule has 1 spiro atoms. The topological polar surface area (TPSA) is 71.8 Å². The highest BCUT2D eigenvalue weighted by atomic mass is 16.5. The Balaban J connectivity index is 1.41.